The van der Waals surface area contributed by atoms with Crippen LogP contribution in [0.3, 0.4) is 0 Å². The highest BCUT2D eigenvalue weighted by molar-refractivity contribution is 8.00. The summed E-state index contributed by atoms with van der Waals surface area (Å²) in [5.74, 6) is -0.00898. The summed E-state index contributed by atoms with van der Waals surface area (Å²) in [6.45, 7) is 2.38. The topological polar surface area (TPSA) is 59.8 Å². The zero-order valence-electron chi connectivity index (χ0n) is 12.2. The first-order chi connectivity index (χ1) is 10.6. The highest BCUT2D eigenvalue weighted by Gasteiger charge is 2.27. The lowest BCUT2D eigenvalue weighted by molar-refractivity contribution is -0.120. The molecule has 1 fully saturated rings. The van der Waals surface area contributed by atoms with Crippen LogP contribution >= 0.6 is 23.4 Å². The highest BCUT2D eigenvalue weighted by atomic mass is 35.5. The Hall–Kier alpha value is -1.53. The maximum absolute atomic E-state index is 12.2. The summed E-state index contributed by atoms with van der Waals surface area (Å²) in [6, 6.07) is 7.97. The number of thioether (sulfide) groups is 1. The van der Waals surface area contributed by atoms with Crippen molar-refractivity contribution in [2.45, 2.75) is 42.8 Å². The second-order valence-electron chi connectivity index (χ2n) is 5.36. The first-order valence-electron chi connectivity index (χ1n) is 7.22. The van der Waals surface area contributed by atoms with Crippen LogP contribution in [-0.2, 0) is 11.3 Å². The molecule has 1 aromatic heterocycles. The van der Waals surface area contributed by atoms with Crippen molar-refractivity contribution in [2.24, 2.45) is 0 Å². The lowest BCUT2D eigenvalue weighted by Gasteiger charge is -2.12. The molecule has 1 saturated carbocycles. The third-order valence-electron chi connectivity index (χ3n) is 3.51. The summed E-state index contributed by atoms with van der Waals surface area (Å²) in [6.07, 6.45) is 4.09. The van der Waals surface area contributed by atoms with Gasteiger partial charge in [0, 0.05) is 17.6 Å². The van der Waals surface area contributed by atoms with E-state index in [2.05, 4.69) is 20.1 Å². The molecule has 0 saturated heterocycles. The molecule has 1 N–H and O–H groups in total. The van der Waals surface area contributed by atoms with Gasteiger partial charge in [0.25, 0.3) is 0 Å². The van der Waals surface area contributed by atoms with E-state index < -0.39 is 0 Å². The Morgan fingerprint density at radius 1 is 1.45 bits per heavy atom. The van der Waals surface area contributed by atoms with Crippen LogP contribution < -0.4 is 5.32 Å². The third kappa shape index (κ3) is 3.81. The smallest absolute Gasteiger partial charge is 0.233 e. The van der Waals surface area contributed by atoms with E-state index in [9.17, 15) is 4.79 Å². The Balaban J connectivity index is 1.53. The van der Waals surface area contributed by atoms with Crippen LogP contribution in [0.2, 0.25) is 5.02 Å². The van der Waals surface area contributed by atoms with E-state index in [0.29, 0.717) is 17.6 Å². The first kappa shape index (κ1) is 15.4. The van der Waals surface area contributed by atoms with E-state index in [-0.39, 0.29) is 11.2 Å². The van der Waals surface area contributed by atoms with Gasteiger partial charge < -0.3 is 9.88 Å². The summed E-state index contributed by atoms with van der Waals surface area (Å²) in [5.41, 5.74) is 1.02. The number of nitrogens with one attached hydrogen (secondary N) is 1. The van der Waals surface area contributed by atoms with Gasteiger partial charge in [-0.25, -0.2) is 0 Å². The van der Waals surface area contributed by atoms with Gasteiger partial charge >= 0.3 is 0 Å². The van der Waals surface area contributed by atoms with E-state index in [0.717, 1.165) is 10.7 Å². The van der Waals surface area contributed by atoms with Crippen molar-refractivity contribution >= 4 is 29.3 Å². The molecule has 0 aliphatic heterocycles. The zero-order chi connectivity index (χ0) is 15.5. The summed E-state index contributed by atoms with van der Waals surface area (Å²) in [7, 11) is 0. The van der Waals surface area contributed by atoms with Gasteiger partial charge in [0.15, 0.2) is 5.16 Å². The van der Waals surface area contributed by atoms with Crippen molar-refractivity contribution in [1.29, 1.82) is 0 Å². The summed E-state index contributed by atoms with van der Waals surface area (Å²) in [4.78, 5) is 12.2. The minimum atomic E-state index is -0.214. The molecule has 0 spiro atoms. The molecular weight excluding hydrogens is 320 g/mol. The van der Waals surface area contributed by atoms with Gasteiger partial charge in [-0.05, 0) is 37.5 Å². The van der Waals surface area contributed by atoms with Gasteiger partial charge in [0.2, 0.25) is 5.91 Å². The Bertz CT molecular complexity index is 654. The lowest BCUT2D eigenvalue weighted by Crippen LogP contribution is -2.30. The van der Waals surface area contributed by atoms with Crippen LogP contribution in [0.15, 0.2) is 35.7 Å². The van der Waals surface area contributed by atoms with Crippen LogP contribution in [0.25, 0.3) is 0 Å². The second kappa shape index (κ2) is 6.71. The maximum atomic E-state index is 12.2. The van der Waals surface area contributed by atoms with Crippen LogP contribution in [0.5, 0.6) is 0 Å². The number of hydrogen-bond acceptors (Lipinski definition) is 4. The zero-order valence-corrected chi connectivity index (χ0v) is 13.8. The van der Waals surface area contributed by atoms with Gasteiger partial charge in [0.05, 0.1) is 5.25 Å². The van der Waals surface area contributed by atoms with Crippen molar-refractivity contribution in [2.75, 3.05) is 0 Å². The molecule has 1 heterocycles. The van der Waals surface area contributed by atoms with Gasteiger partial charge in [-0.3, -0.25) is 4.79 Å². The largest absolute Gasteiger partial charge is 0.351 e. The summed E-state index contributed by atoms with van der Waals surface area (Å²) < 4.78 is 2.06. The van der Waals surface area contributed by atoms with E-state index in [1.165, 1.54) is 24.6 Å². The average Bonchev–Trinajstić information content (AvgIpc) is 3.26. The summed E-state index contributed by atoms with van der Waals surface area (Å²) >= 11 is 7.29. The standard InChI is InChI=1S/C15H17ClN4OS/c1-10(22-15-19-18-9-20(15)13-6-7-13)14(21)17-8-11-2-4-12(16)5-3-11/h2-5,9-10,13H,6-8H2,1H3,(H,17,21). The number of rotatable bonds is 6. The Morgan fingerprint density at radius 3 is 2.86 bits per heavy atom. The number of nitrogens with zero attached hydrogens (tertiary/aromatic N) is 3. The number of benzene rings is 1. The molecule has 1 aliphatic carbocycles. The molecule has 2 aromatic rings. The highest BCUT2D eigenvalue weighted by Crippen LogP contribution is 2.37. The first-order valence-corrected chi connectivity index (χ1v) is 8.47. The van der Waals surface area contributed by atoms with E-state index in [4.69, 9.17) is 11.6 Å². The molecular formula is C15H17ClN4OS. The predicted molar refractivity (Wildman–Crippen MR) is 86.9 cm³/mol. The van der Waals surface area contributed by atoms with Crippen molar-refractivity contribution < 1.29 is 4.79 Å². The number of hydrogen-bond donors (Lipinski definition) is 1. The summed E-state index contributed by atoms with van der Waals surface area (Å²) in [5, 5.41) is 12.3. The quantitative estimate of drug-likeness (QED) is 0.824. The fourth-order valence-electron chi connectivity index (χ4n) is 2.07. The lowest BCUT2D eigenvalue weighted by atomic mass is 10.2. The van der Waals surface area contributed by atoms with Crippen LogP contribution in [0.4, 0.5) is 0 Å². The van der Waals surface area contributed by atoms with E-state index in [1.807, 2.05) is 31.2 Å². The molecule has 1 atom stereocenters. The Labute approximate surface area is 138 Å². The van der Waals surface area contributed by atoms with E-state index >= 15 is 0 Å². The molecule has 5 nitrogen and oxygen atoms in total. The van der Waals surface area contributed by atoms with Crippen molar-refractivity contribution in [1.82, 2.24) is 20.1 Å². The number of amides is 1. The number of halogens is 1. The molecule has 22 heavy (non-hydrogen) atoms. The molecule has 0 bridgehead atoms. The Kier molecular flexibility index (Phi) is 4.69. The molecule has 0 radical (unpaired) electrons. The fraction of sp³-hybridized carbons (Fsp3) is 0.400. The molecule has 116 valence electrons. The van der Waals surface area contributed by atoms with Crippen LogP contribution in [0.1, 0.15) is 31.4 Å². The average molecular weight is 337 g/mol. The molecule has 3 rings (SSSR count). The molecule has 1 aromatic carbocycles. The monoisotopic (exact) mass is 336 g/mol. The second-order valence-corrected chi connectivity index (χ2v) is 7.10. The minimum absolute atomic E-state index is 0.00898. The molecule has 1 amide bonds. The third-order valence-corrected chi connectivity index (χ3v) is 4.83. The van der Waals surface area contributed by atoms with Gasteiger partial charge in [0.1, 0.15) is 6.33 Å². The van der Waals surface area contributed by atoms with Gasteiger partial charge in [-0.2, -0.15) is 0 Å². The van der Waals surface area contributed by atoms with Crippen LogP contribution in [0, 0.1) is 0 Å². The van der Waals surface area contributed by atoms with Crippen molar-refractivity contribution in [3.63, 3.8) is 0 Å². The van der Waals surface area contributed by atoms with Crippen molar-refractivity contribution in [3.05, 3.63) is 41.2 Å². The molecule has 7 heteroatoms. The number of aromatic nitrogens is 3. The van der Waals surface area contributed by atoms with Gasteiger partial charge in [-0.1, -0.05) is 35.5 Å². The number of carbonyl (C=O) groups excluding carboxylic acids is 1. The fourth-order valence-corrected chi connectivity index (χ4v) is 3.11. The molecule has 1 aliphatic rings. The maximum Gasteiger partial charge on any atom is 0.233 e. The number of carbonyl (C=O) groups is 1. The van der Waals surface area contributed by atoms with Crippen LogP contribution in [-0.4, -0.2) is 25.9 Å². The van der Waals surface area contributed by atoms with Gasteiger partial charge in [-0.15, -0.1) is 10.2 Å². The molecule has 1 unspecified atom stereocenters. The normalized spacial score (nSPS) is 15.5. The SMILES string of the molecule is CC(Sc1nncn1C1CC1)C(=O)NCc1ccc(Cl)cc1. The van der Waals surface area contributed by atoms with Crippen molar-refractivity contribution in [3.8, 4) is 0 Å². The minimum Gasteiger partial charge on any atom is -0.351 e. The Morgan fingerprint density at radius 2 is 2.18 bits per heavy atom. The predicted octanol–water partition coefficient (Wildman–Crippen LogP) is 3.06. The van der Waals surface area contributed by atoms with E-state index in [1.54, 1.807) is 6.33 Å².